The van der Waals surface area contributed by atoms with Crippen molar-refractivity contribution in [3.63, 3.8) is 0 Å². The molecule has 0 aliphatic rings. The lowest BCUT2D eigenvalue weighted by atomic mass is 10.1. The first-order chi connectivity index (χ1) is 11.2. The van der Waals surface area contributed by atoms with Crippen molar-refractivity contribution in [2.24, 2.45) is 0 Å². The van der Waals surface area contributed by atoms with E-state index in [4.69, 9.17) is 0 Å². The second kappa shape index (κ2) is 8.58. The van der Waals surface area contributed by atoms with E-state index < -0.39 is 0 Å². The van der Waals surface area contributed by atoms with Crippen LogP contribution in [0.4, 0.5) is 5.69 Å². The van der Waals surface area contributed by atoms with Gasteiger partial charge in [-0.15, -0.1) is 0 Å². The normalized spacial score (nSPS) is 9.96. The maximum atomic E-state index is 11.8. The average molecular weight is 311 g/mol. The van der Waals surface area contributed by atoms with Gasteiger partial charge in [0, 0.05) is 24.8 Å². The molecule has 2 rings (SSSR count). The second-order valence-corrected chi connectivity index (χ2v) is 5.10. The van der Waals surface area contributed by atoms with Crippen molar-refractivity contribution in [3.8, 4) is 0 Å². The molecule has 0 bridgehead atoms. The van der Waals surface area contributed by atoms with Crippen molar-refractivity contribution in [1.82, 2.24) is 10.6 Å². The van der Waals surface area contributed by atoms with E-state index in [2.05, 4.69) is 16.0 Å². The molecule has 0 aliphatic carbocycles. The highest BCUT2D eigenvalue weighted by Gasteiger charge is 2.04. The molecule has 0 saturated heterocycles. The van der Waals surface area contributed by atoms with Crippen molar-refractivity contribution in [3.05, 3.63) is 65.7 Å². The fourth-order valence-electron chi connectivity index (χ4n) is 2.12. The average Bonchev–Trinajstić information content (AvgIpc) is 2.60. The van der Waals surface area contributed by atoms with Gasteiger partial charge in [0.2, 0.25) is 5.91 Å². The molecule has 2 aromatic carbocycles. The van der Waals surface area contributed by atoms with Crippen LogP contribution in [0.15, 0.2) is 54.6 Å². The van der Waals surface area contributed by atoms with Gasteiger partial charge in [-0.1, -0.05) is 30.3 Å². The molecule has 5 heteroatoms. The van der Waals surface area contributed by atoms with Crippen LogP contribution in [0.3, 0.4) is 0 Å². The summed E-state index contributed by atoms with van der Waals surface area (Å²) in [6.45, 7) is 0.814. The summed E-state index contributed by atoms with van der Waals surface area (Å²) in [5.41, 5.74) is 2.59. The highest BCUT2D eigenvalue weighted by Crippen LogP contribution is 2.09. The number of carbonyl (C=O) groups is 2. The standard InChI is InChI=1S/C18H21N3O2/c1-19-18(23)15-7-9-16(10-8-15)21-13-17(22)20-12-11-14-5-3-2-4-6-14/h2-10,21H,11-13H2,1H3,(H,19,23)(H,20,22). The minimum absolute atomic E-state index is 0.0590. The highest BCUT2D eigenvalue weighted by atomic mass is 16.2. The predicted octanol–water partition coefficient (Wildman–Crippen LogP) is 1.82. The number of hydrogen-bond acceptors (Lipinski definition) is 3. The summed E-state index contributed by atoms with van der Waals surface area (Å²) >= 11 is 0. The maximum absolute atomic E-state index is 11.8. The van der Waals surface area contributed by atoms with E-state index in [0.29, 0.717) is 12.1 Å². The van der Waals surface area contributed by atoms with Gasteiger partial charge in [-0.2, -0.15) is 0 Å². The molecule has 0 spiro atoms. The molecule has 23 heavy (non-hydrogen) atoms. The van der Waals surface area contributed by atoms with Crippen LogP contribution < -0.4 is 16.0 Å². The van der Waals surface area contributed by atoms with E-state index in [1.807, 2.05) is 30.3 Å². The Kier molecular flexibility index (Phi) is 6.17. The topological polar surface area (TPSA) is 70.2 Å². The van der Waals surface area contributed by atoms with Crippen molar-refractivity contribution in [2.45, 2.75) is 6.42 Å². The summed E-state index contributed by atoms with van der Waals surface area (Å²) < 4.78 is 0. The van der Waals surface area contributed by atoms with E-state index in [0.717, 1.165) is 12.1 Å². The second-order valence-electron chi connectivity index (χ2n) is 5.10. The molecule has 0 unspecified atom stereocenters. The number of rotatable bonds is 7. The van der Waals surface area contributed by atoms with Crippen LogP contribution in [0.2, 0.25) is 0 Å². The minimum Gasteiger partial charge on any atom is -0.376 e. The Morgan fingerprint density at radius 1 is 0.957 bits per heavy atom. The van der Waals surface area contributed by atoms with Gasteiger partial charge >= 0.3 is 0 Å². The quantitative estimate of drug-likeness (QED) is 0.730. The SMILES string of the molecule is CNC(=O)c1ccc(NCC(=O)NCCc2ccccc2)cc1. The molecule has 0 fully saturated rings. The van der Waals surface area contributed by atoms with E-state index in [9.17, 15) is 9.59 Å². The number of amides is 2. The number of carbonyl (C=O) groups excluding carboxylic acids is 2. The van der Waals surface area contributed by atoms with Crippen molar-refractivity contribution >= 4 is 17.5 Å². The molecule has 2 amide bonds. The molecule has 120 valence electrons. The zero-order valence-electron chi connectivity index (χ0n) is 13.1. The molecular weight excluding hydrogens is 290 g/mol. The number of benzene rings is 2. The fraction of sp³-hybridized carbons (Fsp3) is 0.222. The Balaban J connectivity index is 1.70. The zero-order valence-corrected chi connectivity index (χ0v) is 13.1. The lowest BCUT2D eigenvalue weighted by Gasteiger charge is -2.08. The van der Waals surface area contributed by atoms with Gasteiger partial charge in [-0.3, -0.25) is 9.59 Å². The molecule has 0 saturated carbocycles. The highest BCUT2D eigenvalue weighted by molar-refractivity contribution is 5.94. The Bertz CT molecular complexity index is 639. The van der Waals surface area contributed by atoms with E-state index in [1.165, 1.54) is 5.56 Å². The first kappa shape index (κ1) is 16.5. The third kappa shape index (κ3) is 5.47. The van der Waals surface area contributed by atoms with Crippen LogP contribution in [0.1, 0.15) is 15.9 Å². The third-order valence-corrected chi connectivity index (χ3v) is 3.41. The van der Waals surface area contributed by atoms with Crippen LogP contribution in [0, 0.1) is 0 Å². The summed E-state index contributed by atoms with van der Waals surface area (Å²) in [4.78, 5) is 23.2. The van der Waals surface area contributed by atoms with E-state index in [1.54, 1.807) is 31.3 Å². The Morgan fingerprint density at radius 3 is 2.30 bits per heavy atom. The van der Waals surface area contributed by atoms with Crippen molar-refractivity contribution in [1.29, 1.82) is 0 Å². The Labute approximate surface area is 136 Å². The fourth-order valence-corrected chi connectivity index (χ4v) is 2.12. The Hall–Kier alpha value is -2.82. The zero-order chi connectivity index (χ0) is 16.5. The molecule has 2 aromatic rings. The van der Waals surface area contributed by atoms with Gasteiger partial charge in [0.25, 0.3) is 5.91 Å². The Morgan fingerprint density at radius 2 is 1.65 bits per heavy atom. The van der Waals surface area contributed by atoms with Crippen LogP contribution in [-0.2, 0) is 11.2 Å². The molecule has 3 N–H and O–H groups in total. The number of nitrogens with one attached hydrogen (secondary N) is 3. The van der Waals surface area contributed by atoms with Crippen LogP contribution in [0.25, 0.3) is 0 Å². The molecule has 0 radical (unpaired) electrons. The molecular formula is C18H21N3O2. The first-order valence-electron chi connectivity index (χ1n) is 7.55. The van der Waals surface area contributed by atoms with Gasteiger partial charge in [-0.25, -0.2) is 0 Å². The molecule has 5 nitrogen and oxygen atoms in total. The lowest BCUT2D eigenvalue weighted by Crippen LogP contribution is -2.31. The predicted molar refractivity (Wildman–Crippen MR) is 91.5 cm³/mol. The minimum atomic E-state index is -0.129. The van der Waals surface area contributed by atoms with Crippen LogP contribution in [0.5, 0.6) is 0 Å². The van der Waals surface area contributed by atoms with Crippen LogP contribution >= 0.6 is 0 Å². The summed E-state index contributed by atoms with van der Waals surface area (Å²) in [5, 5.41) is 8.47. The van der Waals surface area contributed by atoms with Crippen molar-refractivity contribution in [2.75, 3.05) is 25.5 Å². The maximum Gasteiger partial charge on any atom is 0.251 e. The largest absolute Gasteiger partial charge is 0.376 e. The summed E-state index contributed by atoms with van der Waals surface area (Å²) in [6.07, 6.45) is 0.813. The van der Waals surface area contributed by atoms with Gasteiger partial charge in [0.05, 0.1) is 6.54 Å². The van der Waals surface area contributed by atoms with Gasteiger partial charge in [0.1, 0.15) is 0 Å². The lowest BCUT2D eigenvalue weighted by molar-refractivity contribution is -0.119. The molecule has 0 aromatic heterocycles. The summed E-state index contributed by atoms with van der Waals surface area (Å²) in [6, 6.07) is 17.0. The van der Waals surface area contributed by atoms with Gasteiger partial charge < -0.3 is 16.0 Å². The smallest absolute Gasteiger partial charge is 0.251 e. The molecule has 0 aliphatic heterocycles. The molecule has 0 heterocycles. The monoisotopic (exact) mass is 311 g/mol. The van der Waals surface area contributed by atoms with Gasteiger partial charge in [0.15, 0.2) is 0 Å². The summed E-state index contributed by atoms with van der Waals surface area (Å²) in [5.74, 6) is -0.188. The first-order valence-corrected chi connectivity index (χ1v) is 7.55. The number of hydrogen-bond donors (Lipinski definition) is 3. The number of anilines is 1. The van der Waals surface area contributed by atoms with E-state index in [-0.39, 0.29) is 18.4 Å². The van der Waals surface area contributed by atoms with Crippen molar-refractivity contribution < 1.29 is 9.59 Å². The summed E-state index contributed by atoms with van der Waals surface area (Å²) in [7, 11) is 1.59. The van der Waals surface area contributed by atoms with Crippen LogP contribution in [-0.4, -0.2) is 32.0 Å². The van der Waals surface area contributed by atoms with Gasteiger partial charge in [-0.05, 0) is 36.2 Å². The van der Waals surface area contributed by atoms with E-state index >= 15 is 0 Å². The molecule has 0 atom stereocenters. The third-order valence-electron chi connectivity index (χ3n) is 3.41.